The number of nitrogens with zero attached hydrogens (tertiary/aromatic N) is 2. The van der Waals surface area contributed by atoms with Crippen molar-refractivity contribution in [3.8, 4) is 0 Å². The molecule has 0 bridgehead atoms. The fraction of sp³-hybridized carbons (Fsp3) is 0.429. The van der Waals surface area contributed by atoms with Crippen LogP contribution in [0.1, 0.15) is 11.7 Å². The predicted octanol–water partition coefficient (Wildman–Crippen LogP) is 1.42. The highest BCUT2D eigenvalue weighted by Gasteiger charge is 2.21. The molecule has 78 valence electrons. The molecule has 0 saturated carbocycles. The third-order valence-corrected chi connectivity index (χ3v) is 2.38. The van der Waals surface area contributed by atoms with E-state index in [4.69, 9.17) is 34.8 Å². The Morgan fingerprint density at radius 1 is 1.36 bits per heavy atom. The molecule has 2 atom stereocenters. The number of hydrogen-bond acceptors (Lipinski definition) is 4. The first-order valence-corrected chi connectivity index (χ1v) is 4.95. The maximum absolute atomic E-state index is 9.52. The maximum atomic E-state index is 9.52. The van der Waals surface area contributed by atoms with Gasteiger partial charge in [0.25, 0.3) is 0 Å². The summed E-state index contributed by atoms with van der Waals surface area (Å²) in [7, 11) is 0. The van der Waals surface area contributed by atoms with Crippen LogP contribution in [0.4, 0.5) is 0 Å². The molecule has 0 aliphatic rings. The first kappa shape index (κ1) is 11.9. The number of halogens is 3. The van der Waals surface area contributed by atoms with Crippen molar-refractivity contribution in [3.05, 3.63) is 22.2 Å². The number of aliphatic hydroxyl groups is 2. The molecule has 0 fully saturated rings. The summed E-state index contributed by atoms with van der Waals surface area (Å²) in [6.45, 7) is 0. The summed E-state index contributed by atoms with van der Waals surface area (Å²) in [5.41, 5.74) is 0.198. The van der Waals surface area contributed by atoms with Crippen LogP contribution in [-0.4, -0.2) is 32.2 Å². The molecule has 0 spiro atoms. The van der Waals surface area contributed by atoms with Crippen LogP contribution in [-0.2, 0) is 0 Å². The van der Waals surface area contributed by atoms with Crippen molar-refractivity contribution in [1.29, 1.82) is 0 Å². The highest BCUT2D eigenvalue weighted by molar-refractivity contribution is 6.32. The van der Waals surface area contributed by atoms with E-state index in [1.807, 2.05) is 0 Å². The Labute approximate surface area is 95.5 Å². The zero-order valence-corrected chi connectivity index (χ0v) is 9.13. The van der Waals surface area contributed by atoms with E-state index in [0.29, 0.717) is 0 Å². The highest BCUT2D eigenvalue weighted by atomic mass is 35.5. The second kappa shape index (κ2) is 5.09. The lowest BCUT2D eigenvalue weighted by molar-refractivity contribution is 0.0323. The normalized spacial score (nSPS) is 15.2. The summed E-state index contributed by atoms with van der Waals surface area (Å²) >= 11 is 16.5. The Hall–Kier alpha value is -0.130. The fourth-order valence-corrected chi connectivity index (χ4v) is 1.43. The van der Waals surface area contributed by atoms with Crippen LogP contribution in [0.25, 0.3) is 0 Å². The second-order valence-electron chi connectivity index (χ2n) is 2.55. The number of aliphatic hydroxyl groups excluding tert-OH is 2. The third-order valence-electron chi connectivity index (χ3n) is 1.58. The molecule has 4 nitrogen and oxygen atoms in total. The number of rotatable bonds is 3. The maximum Gasteiger partial charge on any atom is 0.223 e. The molecule has 0 radical (unpaired) electrons. The summed E-state index contributed by atoms with van der Waals surface area (Å²) in [4.78, 5) is 7.25. The molecule has 2 N–H and O–H groups in total. The Balaban J connectivity index is 2.95. The van der Waals surface area contributed by atoms with Gasteiger partial charge >= 0.3 is 0 Å². The largest absolute Gasteiger partial charge is 0.389 e. The van der Waals surface area contributed by atoms with E-state index < -0.39 is 12.2 Å². The van der Waals surface area contributed by atoms with E-state index in [0.717, 1.165) is 0 Å². The van der Waals surface area contributed by atoms with Crippen molar-refractivity contribution < 1.29 is 10.2 Å². The monoisotopic (exact) mass is 256 g/mol. The number of alkyl halides is 1. The minimum Gasteiger partial charge on any atom is -0.389 e. The van der Waals surface area contributed by atoms with E-state index in [1.165, 1.54) is 6.20 Å². The van der Waals surface area contributed by atoms with Gasteiger partial charge in [-0.2, -0.15) is 0 Å². The molecule has 7 heteroatoms. The summed E-state index contributed by atoms with van der Waals surface area (Å²) in [6.07, 6.45) is -1.07. The van der Waals surface area contributed by atoms with Crippen LogP contribution in [0.2, 0.25) is 10.4 Å². The summed E-state index contributed by atoms with van der Waals surface area (Å²) in [5.74, 6) is -0.111. The van der Waals surface area contributed by atoms with Crippen LogP contribution in [0, 0.1) is 0 Å². The van der Waals surface area contributed by atoms with Gasteiger partial charge in [-0.05, 0) is 11.6 Å². The molecular weight excluding hydrogens is 250 g/mol. The zero-order chi connectivity index (χ0) is 10.7. The van der Waals surface area contributed by atoms with Crippen LogP contribution in [0.15, 0.2) is 6.20 Å². The van der Waals surface area contributed by atoms with Gasteiger partial charge in [0.15, 0.2) is 0 Å². The average molecular weight is 258 g/mol. The minimum absolute atomic E-state index is 0.00154. The van der Waals surface area contributed by atoms with Crippen LogP contribution in [0.3, 0.4) is 0 Å². The van der Waals surface area contributed by atoms with Gasteiger partial charge in [0.1, 0.15) is 11.3 Å². The summed E-state index contributed by atoms with van der Waals surface area (Å²) in [6, 6.07) is 0. The van der Waals surface area contributed by atoms with E-state index in [2.05, 4.69) is 9.97 Å². The second-order valence-corrected chi connectivity index (χ2v) is 3.56. The topological polar surface area (TPSA) is 66.2 Å². The van der Waals surface area contributed by atoms with E-state index in [-0.39, 0.29) is 21.9 Å². The van der Waals surface area contributed by atoms with Crippen molar-refractivity contribution in [1.82, 2.24) is 9.97 Å². The minimum atomic E-state index is -1.21. The highest BCUT2D eigenvalue weighted by Crippen LogP contribution is 2.24. The molecule has 14 heavy (non-hydrogen) atoms. The third kappa shape index (κ3) is 2.68. The molecule has 0 aliphatic heterocycles. The van der Waals surface area contributed by atoms with E-state index >= 15 is 0 Å². The fourth-order valence-electron chi connectivity index (χ4n) is 0.841. The van der Waals surface area contributed by atoms with Crippen LogP contribution < -0.4 is 0 Å². The summed E-state index contributed by atoms with van der Waals surface area (Å²) < 4.78 is 0. The predicted molar refractivity (Wildman–Crippen MR) is 53.7 cm³/mol. The Morgan fingerprint density at radius 3 is 2.50 bits per heavy atom. The van der Waals surface area contributed by atoms with Crippen molar-refractivity contribution in [3.63, 3.8) is 0 Å². The van der Waals surface area contributed by atoms with E-state index in [9.17, 15) is 10.2 Å². The van der Waals surface area contributed by atoms with Gasteiger partial charge in [-0.1, -0.05) is 11.6 Å². The molecule has 1 rings (SSSR count). The molecular formula is C7H7Cl3N2O2. The molecule has 1 aromatic rings. The van der Waals surface area contributed by atoms with Gasteiger partial charge < -0.3 is 10.2 Å². The Kier molecular flexibility index (Phi) is 4.34. The lowest BCUT2D eigenvalue weighted by Gasteiger charge is -2.15. The number of aromatic nitrogens is 2. The van der Waals surface area contributed by atoms with Gasteiger partial charge in [-0.25, -0.2) is 9.97 Å². The van der Waals surface area contributed by atoms with Crippen molar-refractivity contribution >= 4 is 34.8 Å². The lowest BCUT2D eigenvalue weighted by atomic mass is 10.1. The zero-order valence-electron chi connectivity index (χ0n) is 6.86. The SMILES string of the molecule is OC(CCl)C(O)c1cnc(Cl)nc1Cl. The molecule has 1 aromatic heterocycles. The van der Waals surface area contributed by atoms with Crippen molar-refractivity contribution in [2.45, 2.75) is 12.2 Å². The first-order valence-electron chi connectivity index (χ1n) is 3.66. The Morgan fingerprint density at radius 2 is 2.00 bits per heavy atom. The summed E-state index contributed by atoms with van der Waals surface area (Å²) in [5, 5.41) is 18.7. The smallest absolute Gasteiger partial charge is 0.223 e. The van der Waals surface area contributed by atoms with Gasteiger partial charge in [0.05, 0.1) is 12.0 Å². The number of hydrogen-bond donors (Lipinski definition) is 2. The quantitative estimate of drug-likeness (QED) is 0.488. The van der Waals surface area contributed by atoms with Crippen molar-refractivity contribution in [2.75, 3.05) is 5.88 Å². The van der Waals surface area contributed by atoms with Crippen LogP contribution >= 0.6 is 34.8 Å². The molecule has 2 unspecified atom stereocenters. The molecule has 1 heterocycles. The van der Waals surface area contributed by atoms with Crippen molar-refractivity contribution in [2.24, 2.45) is 0 Å². The molecule has 0 aromatic carbocycles. The van der Waals surface area contributed by atoms with Gasteiger partial charge in [-0.15, -0.1) is 11.6 Å². The molecule has 0 amide bonds. The van der Waals surface area contributed by atoms with Gasteiger partial charge in [0.2, 0.25) is 5.28 Å². The standard InChI is InChI=1S/C7H7Cl3N2O2/c8-1-4(13)5(14)3-2-11-7(10)12-6(3)9/h2,4-5,13-14H,1H2. The Bertz CT molecular complexity index is 324. The van der Waals surface area contributed by atoms with Gasteiger partial charge in [0, 0.05) is 11.8 Å². The lowest BCUT2D eigenvalue weighted by Crippen LogP contribution is -2.20. The first-order chi connectivity index (χ1) is 6.56. The molecule has 0 aliphatic carbocycles. The average Bonchev–Trinajstić information content (AvgIpc) is 2.15. The molecule has 0 saturated heterocycles. The van der Waals surface area contributed by atoms with Crippen LogP contribution in [0.5, 0.6) is 0 Å². The van der Waals surface area contributed by atoms with E-state index in [1.54, 1.807) is 0 Å². The van der Waals surface area contributed by atoms with Gasteiger partial charge in [-0.3, -0.25) is 0 Å².